The molecule has 2 aromatic rings. The normalized spacial score (nSPS) is 20.6. The molecule has 1 saturated heterocycles. The van der Waals surface area contributed by atoms with E-state index in [0.29, 0.717) is 28.3 Å². The minimum absolute atomic E-state index is 0.0144. The van der Waals surface area contributed by atoms with Crippen LogP contribution in [0, 0.1) is 4.78 Å². The third-order valence-corrected chi connectivity index (χ3v) is 6.08. The number of anilines is 3. The van der Waals surface area contributed by atoms with E-state index >= 15 is 0 Å². The van der Waals surface area contributed by atoms with Crippen molar-refractivity contribution in [1.29, 1.82) is 4.78 Å². The quantitative estimate of drug-likeness (QED) is 0.828. The van der Waals surface area contributed by atoms with Crippen LogP contribution in [0.2, 0.25) is 5.02 Å². The van der Waals surface area contributed by atoms with Gasteiger partial charge in [0.2, 0.25) is 5.95 Å². The van der Waals surface area contributed by atoms with Crippen LogP contribution in [0.3, 0.4) is 0 Å². The molecule has 1 aromatic heterocycles. The van der Waals surface area contributed by atoms with Gasteiger partial charge in [0.05, 0.1) is 28.1 Å². The zero-order valence-electron chi connectivity index (χ0n) is 14.4. The topological polar surface area (TPSA) is 91.2 Å². The molecule has 2 fully saturated rings. The lowest BCUT2D eigenvalue weighted by molar-refractivity contribution is 0.0204. The Hall–Kier alpha value is -1.90. The van der Waals surface area contributed by atoms with E-state index in [-0.39, 0.29) is 5.60 Å². The van der Waals surface area contributed by atoms with Crippen LogP contribution in [0.25, 0.3) is 0 Å². The van der Waals surface area contributed by atoms with Crippen molar-refractivity contribution < 1.29 is 8.95 Å². The number of nitrogens with zero attached hydrogens (tertiary/aromatic N) is 3. The molecule has 1 aliphatic carbocycles. The molecule has 0 radical (unpaired) electrons. The molecule has 4 rings (SSSR count). The standard InChI is InChI=1S/C17H20ClN5O2S/c1-26(19,24)13-4-2-12(3-5-13)21-16-20-10-14(18)15(22-16)23-8-9-25-17(11-23)6-7-17/h2-5,10,19H,6-9,11H2,1H3,(H,20,21,22). The number of nitrogens with one attached hydrogen (secondary N) is 2. The molecule has 7 nitrogen and oxygen atoms in total. The van der Waals surface area contributed by atoms with Crippen molar-refractivity contribution in [2.75, 3.05) is 36.2 Å². The molecule has 1 saturated carbocycles. The summed E-state index contributed by atoms with van der Waals surface area (Å²) in [7, 11) is -2.72. The van der Waals surface area contributed by atoms with Gasteiger partial charge in [0.25, 0.3) is 0 Å². The van der Waals surface area contributed by atoms with E-state index < -0.39 is 9.73 Å². The van der Waals surface area contributed by atoms with Crippen molar-refractivity contribution in [3.8, 4) is 0 Å². The average molecular weight is 394 g/mol. The molecule has 138 valence electrons. The highest BCUT2D eigenvalue weighted by Gasteiger charge is 2.48. The fourth-order valence-corrected chi connectivity index (χ4v) is 3.90. The summed E-state index contributed by atoms with van der Waals surface area (Å²) in [5, 5.41) is 3.65. The molecule has 0 bridgehead atoms. The van der Waals surface area contributed by atoms with Gasteiger partial charge in [-0.05, 0) is 37.1 Å². The summed E-state index contributed by atoms with van der Waals surface area (Å²) in [6.45, 7) is 2.22. The first kappa shape index (κ1) is 17.5. The van der Waals surface area contributed by atoms with E-state index in [1.807, 2.05) is 0 Å². The molecule has 0 amide bonds. The fraction of sp³-hybridized carbons (Fsp3) is 0.412. The van der Waals surface area contributed by atoms with Gasteiger partial charge in [-0.25, -0.2) is 14.0 Å². The van der Waals surface area contributed by atoms with Gasteiger partial charge in [-0.3, -0.25) is 0 Å². The van der Waals surface area contributed by atoms with Crippen LogP contribution < -0.4 is 10.2 Å². The average Bonchev–Trinajstić information content (AvgIpc) is 3.35. The van der Waals surface area contributed by atoms with E-state index in [4.69, 9.17) is 21.1 Å². The maximum atomic E-state index is 11.8. The number of morpholine rings is 1. The van der Waals surface area contributed by atoms with E-state index in [1.54, 1.807) is 30.5 Å². The summed E-state index contributed by atoms with van der Waals surface area (Å²) >= 11 is 6.33. The van der Waals surface area contributed by atoms with Crippen molar-refractivity contribution in [3.05, 3.63) is 35.5 Å². The highest BCUT2D eigenvalue weighted by Crippen LogP contribution is 2.43. The second-order valence-electron chi connectivity index (χ2n) is 6.81. The summed E-state index contributed by atoms with van der Waals surface area (Å²) in [6, 6.07) is 6.87. The molecule has 1 atom stereocenters. The maximum absolute atomic E-state index is 11.8. The van der Waals surface area contributed by atoms with Gasteiger partial charge in [0.1, 0.15) is 5.02 Å². The zero-order chi connectivity index (χ0) is 18.4. The fourth-order valence-electron chi connectivity index (χ4n) is 3.03. The molecule has 1 aliphatic heterocycles. The van der Waals surface area contributed by atoms with Crippen LogP contribution in [-0.4, -0.2) is 45.7 Å². The van der Waals surface area contributed by atoms with Crippen LogP contribution in [0.4, 0.5) is 17.5 Å². The Labute approximate surface area is 157 Å². The van der Waals surface area contributed by atoms with Crippen LogP contribution in [0.15, 0.2) is 35.4 Å². The smallest absolute Gasteiger partial charge is 0.229 e. The SMILES string of the molecule is CS(=N)(=O)c1ccc(Nc2ncc(Cl)c(N3CCOC4(CC4)C3)n2)cc1. The number of aromatic nitrogens is 2. The Balaban J connectivity index is 1.54. The highest BCUT2D eigenvalue weighted by atomic mass is 35.5. The van der Waals surface area contributed by atoms with E-state index in [1.165, 1.54) is 6.26 Å². The lowest BCUT2D eigenvalue weighted by Gasteiger charge is -2.34. The molecule has 9 heteroatoms. The van der Waals surface area contributed by atoms with Crippen LogP contribution in [-0.2, 0) is 14.5 Å². The van der Waals surface area contributed by atoms with Gasteiger partial charge in [-0.2, -0.15) is 4.98 Å². The minimum atomic E-state index is -2.72. The van der Waals surface area contributed by atoms with Crippen molar-refractivity contribution in [3.63, 3.8) is 0 Å². The van der Waals surface area contributed by atoms with Crippen molar-refractivity contribution in [2.45, 2.75) is 23.3 Å². The second-order valence-corrected chi connectivity index (χ2v) is 9.38. The highest BCUT2D eigenvalue weighted by molar-refractivity contribution is 7.91. The Kier molecular flexibility index (Phi) is 4.29. The number of hydrogen-bond acceptors (Lipinski definition) is 7. The Morgan fingerprint density at radius 2 is 2.08 bits per heavy atom. The van der Waals surface area contributed by atoms with E-state index in [2.05, 4.69) is 20.2 Å². The van der Waals surface area contributed by atoms with Gasteiger partial charge in [0.15, 0.2) is 5.82 Å². The number of halogens is 1. The summed E-state index contributed by atoms with van der Waals surface area (Å²) in [5.41, 5.74) is 0.741. The van der Waals surface area contributed by atoms with E-state index in [9.17, 15) is 4.21 Å². The van der Waals surface area contributed by atoms with Gasteiger partial charge in [-0.1, -0.05) is 11.6 Å². The first-order chi connectivity index (χ1) is 12.3. The predicted octanol–water partition coefficient (Wildman–Crippen LogP) is 3.28. The molecular formula is C17H20ClN5O2S. The monoisotopic (exact) mass is 393 g/mol. The van der Waals surface area contributed by atoms with Gasteiger partial charge < -0.3 is 15.0 Å². The lowest BCUT2D eigenvalue weighted by Crippen LogP contribution is -2.44. The number of rotatable bonds is 4. The summed E-state index contributed by atoms with van der Waals surface area (Å²) in [6.07, 6.45) is 5.16. The molecular weight excluding hydrogens is 374 g/mol. The molecule has 1 aromatic carbocycles. The van der Waals surface area contributed by atoms with Crippen molar-refractivity contribution in [2.24, 2.45) is 0 Å². The molecule has 2 aliphatic rings. The number of benzene rings is 1. The first-order valence-corrected chi connectivity index (χ1v) is 10.7. The largest absolute Gasteiger partial charge is 0.371 e. The Morgan fingerprint density at radius 3 is 2.73 bits per heavy atom. The summed E-state index contributed by atoms with van der Waals surface area (Å²) < 4.78 is 25.2. The zero-order valence-corrected chi connectivity index (χ0v) is 15.9. The predicted molar refractivity (Wildman–Crippen MR) is 102 cm³/mol. The van der Waals surface area contributed by atoms with Crippen LogP contribution >= 0.6 is 11.6 Å². The van der Waals surface area contributed by atoms with Crippen molar-refractivity contribution in [1.82, 2.24) is 9.97 Å². The third kappa shape index (κ3) is 3.62. The van der Waals surface area contributed by atoms with E-state index in [0.717, 1.165) is 31.6 Å². The third-order valence-electron chi connectivity index (χ3n) is 4.64. The minimum Gasteiger partial charge on any atom is -0.371 e. The Morgan fingerprint density at radius 1 is 1.35 bits per heavy atom. The molecule has 1 spiro atoms. The van der Waals surface area contributed by atoms with Crippen LogP contribution in [0.1, 0.15) is 12.8 Å². The number of ether oxygens (including phenoxy) is 1. The van der Waals surface area contributed by atoms with Gasteiger partial charge >= 0.3 is 0 Å². The first-order valence-electron chi connectivity index (χ1n) is 8.37. The maximum Gasteiger partial charge on any atom is 0.229 e. The number of hydrogen-bond donors (Lipinski definition) is 2. The lowest BCUT2D eigenvalue weighted by atomic mass is 10.2. The van der Waals surface area contributed by atoms with Crippen LogP contribution in [0.5, 0.6) is 0 Å². The Bertz CT molecular complexity index is 929. The van der Waals surface area contributed by atoms with Gasteiger partial charge in [-0.15, -0.1) is 0 Å². The summed E-state index contributed by atoms with van der Waals surface area (Å²) in [4.78, 5) is 11.5. The molecule has 2 heterocycles. The molecule has 26 heavy (non-hydrogen) atoms. The second kappa shape index (κ2) is 6.37. The van der Waals surface area contributed by atoms with Crippen molar-refractivity contribution >= 4 is 38.8 Å². The van der Waals surface area contributed by atoms with Gasteiger partial charge in [0, 0.05) is 29.9 Å². The molecule has 1 unspecified atom stereocenters. The summed E-state index contributed by atoms with van der Waals surface area (Å²) in [5.74, 6) is 1.15. The molecule has 2 N–H and O–H groups in total.